The molecule has 0 amide bonds. The number of nitrogens with zero attached hydrogens (tertiary/aromatic N) is 1. The van der Waals surface area contributed by atoms with E-state index in [4.69, 9.17) is 5.73 Å². The molecule has 3 unspecified atom stereocenters. The smallest absolute Gasteiger partial charge is 0.00795 e. The molecular formula is C19H36N2. The predicted molar refractivity (Wildman–Crippen MR) is 90.3 cm³/mol. The van der Waals surface area contributed by atoms with Gasteiger partial charge in [-0.25, -0.2) is 0 Å². The van der Waals surface area contributed by atoms with Gasteiger partial charge in [-0.3, -0.25) is 0 Å². The fraction of sp³-hybridized carbons (Fsp3) is 1.00. The van der Waals surface area contributed by atoms with E-state index in [1.54, 1.807) is 0 Å². The van der Waals surface area contributed by atoms with E-state index in [9.17, 15) is 0 Å². The van der Waals surface area contributed by atoms with Crippen LogP contribution in [0.4, 0.5) is 0 Å². The topological polar surface area (TPSA) is 29.3 Å². The third-order valence-electron chi connectivity index (χ3n) is 6.92. The molecule has 3 atom stereocenters. The summed E-state index contributed by atoms with van der Waals surface area (Å²) in [7, 11) is 0. The fourth-order valence-corrected chi connectivity index (χ4v) is 5.43. The standard InChI is InChI=1S/C19H36N2/c1-2-5-16-6-7-18(20)17(14-16)15-21-12-10-19(11-13-21)8-3-4-9-19/h16-18H,2-15,20H2,1H3. The second-order valence-corrected chi connectivity index (χ2v) is 8.40. The van der Waals surface area contributed by atoms with Crippen molar-refractivity contribution in [3.05, 3.63) is 0 Å². The van der Waals surface area contributed by atoms with Gasteiger partial charge in [-0.1, -0.05) is 32.6 Å². The quantitative estimate of drug-likeness (QED) is 0.842. The maximum Gasteiger partial charge on any atom is 0.00795 e. The molecule has 1 heterocycles. The second-order valence-electron chi connectivity index (χ2n) is 8.40. The van der Waals surface area contributed by atoms with Crippen LogP contribution in [0.5, 0.6) is 0 Å². The molecule has 2 N–H and O–H groups in total. The lowest BCUT2D eigenvalue weighted by Gasteiger charge is -2.43. The van der Waals surface area contributed by atoms with Gasteiger partial charge >= 0.3 is 0 Å². The zero-order valence-corrected chi connectivity index (χ0v) is 14.2. The van der Waals surface area contributed by atoms with Crippen LogP contribution < -0.4 is 5.73 Å². The third kappa shape index (κ3) is 3.82. The first-order chi connectivity index (χ1) is 10.2. The van der Waals surface area contributed by atoms with Gasteiger partial charge < -0.3 is 10.6 Å². The van der Waals surface area contributed by atoms with Crippen LogP contribution >= 0.6 is 0 Å². The number of piperidine rings is 1. The molecule has 1 aliphatic heterocycles. The number of nitrogens with two attached hydrogens (primary N) is 1. The van der Waals surface area contributed by atoms with Crippen LogP contribution in [0.2, 0.25) is 0 Å². The van der Waals surface area contributed by atoms with Crippen molar-refractivity contribution < 1.29 is 0 Å². The van der Waals surface area contributed by atoms with E-state index in [0.717, 1.165) is 17.3 Å². The Hall–Kier alpha value is -0.0800. The lowest BCUT2D eigenvalue weighted by atomic mass is 9.74. The fourth-order valence-electron chi connectivity index (χ4n) is 5.43. The molecule has 2 heteroatoms. The Kier molecular flexibility index (Phi) is 5.27. The molecule has 0 bridgehead atoms. The molecule has 3 rings (SSSR count). The summed E-state index contributed by atoms with van der Waals surface area (Å²) >= 11 is 0. The molecule has 0 aromatic carbocycles. The molecule has 3 aliphatic rings. The minimum atomic E-state index is 0.473. The van der Waals surface area contributed by atoms with Crippen molar-refractivity contribution in [1.29, 1.82) is 0 Å². The van der Waals surface area contributed by atoms with Crippen LogP contribution in [-0.4, -0.2) is 30.6 Å². The maximum absolute atomic E-state index is 6.44. The Labute approximate surface area is 131 Å². The summed E-state index contributed by atoms with van der Waals surface area (Å²) in [5, 5.41) is 0. The number of likely N-dealkylation sites (tertiary alicyclic amines) is 1. The van der Waals surface area contributed by atoms with Gasteiger partial charge in [0, 0.05) is 12.6 Å². The number of rotatable bonds is 4. The molecule has 2 aliphatic carbocycles. The predicted octanol–water partition coefficient (Wildman–Crippen LogP) is 4.19. The molecule has 1 spiro atoms. The molecule has 0 aromatic heterocycles. The van der Waals surface area contributed by atoms with Crippen LogP contribution in [0.25, 0.3) is 0 Å². The zero-order chi connectivity index (χ0) is 14.7. The maximum atomic E-state index is 6.44. The summed E-state index contributed by atoms with van der Waals surface area (Å²) in [4.78, 5) is 2.75. The monoisotopic (exact) mass is 292 g/mol. The lowest BCUT2D eigenvalue weighted by Crippen LogP contribution is -2.46. The number of hydrogen-bond acceptors (Lipinski definition) is 2. The average Bonchev–Trinajstić information content (AvgIpc) is 2.94. The molecule has 2 nitrogen and oxygen atoms in total. The third-order valence-corrected chi connectivity index (χ3v) is 6.92. The Morgan fingerprint density at radius 3 is 2.43 bits per heavy atom. The van der Waals surface area contributed by atoms with Gasteiger partial charge in [-0.2, -0.15) is 0 Å². The van der Waals surface area contributed by atoms with Crippen molar-refractivity contribution in [3.63, 3.8) is 0 Å². The molecule has 2 saturated carbocycles. The zero-order valence-electron chi connectivity index (χ0n) is 14.2. The summed E-state index contributed by atoms with van der Waals surface area (Å²) in [5.74, 6) is 1.73. The van der Waals surface area contributed by atoms with E-state index in [1.807, 2.05) is 0 Å². The van der Waals surface area contributed by atoms with E-state index >= 15 is 0 Å². The highest BCUT2D eigenvalue weighted by Gasteiger charge is 2.38. The summed E-state index contributed by atoms with van der Waals surface area (Å²) < 4.78 is 0. The van der Waals surface area contributed by atoms with E-state index in [2.05, 4.69) is 11.8 Å². The van der Waals surface area contributed by atoms with Crippen molar-refractivity contribution in [2.75, 3.05) is 19.6 Å². The van der Waals surface area contributed by atoms with Gasteiger partial charge in [-0.05, 0) is 75.3 Å². The minimum Gasteiger partial charge on any atom is -0.327 e. The second kappa shape index (κ2) is 7.00. The van der Waals surface area contributed by atoms with Gasteiger partial charge in [0.1, 0.15) is 0 Å². The Morgan fingerprint density at radius 2 is 1.76 bits per heavy atom. The van der Waals surface area contributed by atoms with E-state index in [1.165, 1.54) is 90.3 Å². The van der Waals surface area contributed by atoms with Gasteiger partial charge in [0.05, 0.1) is 0 Å². The highest BCUT2D eigenvalue weighted by molar-refractivity contribution is 4.91. The van der Waals surface area contributed by atoms with Crippen molar-refractivity contribution in [3.8, 4) is 0 Å². The van der Waals surface area contributed by atoms with Crippen molar-refractivity contribution >= 4 is 0 Å². The van der Waals surface area contributed by atoms with Gasteiger partial charge in [0.15, 0.2) is 0 Å². The first kappa shape index (κ1) is 15.8. The molecular weight excluding hydrogens is 256 g/mol. The summed E-state index contributed by atoms with van der Waals surface area (Å²) in [6.45, 7) is 6.32. The Morgan fingerprint density at radius 1 is 1.05 bits per heavy atom. The summed E-state index contributed by atoms with van der Waals surface area (Å²) in [6.07, 6.45) is 15.8. The largest absolute Gasteiger partial charge is 0.327 e. The number of hydrogen-bond donors (Lipinski definition) is 1. The minimum absolute atomic E-state index is 0.473. The molecule has 122 valence electrons. The normalized spacial score (nSPS) is 37.1. The lowest BCUT2D eigenvalue weighted by molar-refractivity contribution is 0.0778. The summed E-state index contributed by atoms with van der Waals surface area (Å²) in [6, 6.07) is 0.473. The first-order valence-corrected chi connectivity index (χ1v) is 9.69. The Bertz CT molecular complexity index is 312. The molecule has 3 fully saturated rings. The van der Waals surface area contributed by atoms with Gasteiger partial charge in [0.2, 0.25) is 0 Å². The van der Waals surface area contributed by atoms with Crippen LogP contribution in [0.1, 0.15) is 77.6 Å². The Balaban J connectivity index is 1.47. The van der Waals surface area contributed by atoms with Crippen molar-refractivity contribution in [1.82, 2.24) is 4.90 Å². The van der Waals surface area contributed by atoms with Crippen LogP contribution in [0.15, 0.2) is 0 Å². The van der Waals surface area contributed by atoms with Crippen molar-refractivity contribution in [2.45, 2.75) is 83.6 Å². The van der Waals surface area contributed by atoms with Crippen LogP contribution in [0, 0.1) is 17.3 Å². The van der Waals surface area contributed by atoms with E-state index < -0.39 is 0 Å². The van der Waals surface area contributed by atoms with E-state index in [0.29, 0.717) is 6.04 Å². The first-order valence-electron chi connectivity index (χ1n) is 9.69. The molecule has 1 saturated heterocycles. The molecule has 0 aromatic rings. The van der Waals surface area contributed by atoms with Crippen LogP contribution in [0.3, 0.4) is 0 Å². The average molecular weight is 293 g/mol. The van der Waals surface area contributed by atoms with Crippen molar-refractivity contribution in [2.24, 2.45) is 23.0 Å². The van der Waals surface area contributed by atoms with Gasteiger partial charge in [0.25, 0.3) is 0 Å². The summed E-state index contributed by atoms with van der Waals surface area (Å²) in [5.41, 5.74) is 7.20. The highest BCUT2D eigenvalue weighted by atomic mass is 15.1. The highest BCUT2D eigenvalue weighted by Crippen LogP contribution is 2.46. The van der Waals surface area contributed by atoms with E-state index in [-0.39, 0.29) is 0 Å². The molecule has 21 heavy (non-hydrogen) atoms. The molecule has 0 radical (unpaired) electrons. The van der Waals surface area contributed by atoms with Crippen LogP contribution in [-0.2, 0) is 0 Å². The van der Waals surface area contributed by atoms with Gasteiger partial charge in [-0.15, -0.1) is 0 Å². The SMILES string of the molecule is CCCC1CCC(N)C(CN2CCC3(CCCC3)CC2)C1.